The van der Waals surface area contributed by atoms with Gasteiger partial charge in [0, 0.05) is 42.9 Å². The van der Waals surface area contributed by atoms with Crippen molar-refractivity contribution in [1.29, 1.82) is 0 Å². The highest BCUT2D eigenvalue weighted by Crippen LogP contribution is 2.34. The topological polar surface area (TPSA) is 49.6 Å². The van der Waals surface area contributed by atoms with E-state index < -0.39 is 0 Å². The van der Waals surface area contributed by atoms with Gasteiger partial charge in [-0.1, -0.05) is 6.07 Å². The first-order chi connectivity index (χ1) is 11.2. The molecule has 2 atom stereocenters. The number of nitrogens with zero attached hydrogens (tertiary/aromatic N) is 3. The number of amides is 1. The van der Waals surface area contributed by atoms with Crippen LogP contribution in [0, 0.1) is 6.92 Å². The molecule has 0 spiro atoms. The van der Waals surface area contributed by atoms with Crippen LogP contribution in [0.1, 0.15) is 29.8 Å². The van der Waals surface area contributed by atoms with Gasteiger partial charge < -0.3 is 9.32 Å². The Hall–Kier alpha value is -2.14. The van der Waals surface area contributed by atoms with Crippen molar-refractivity contribution in [2.24, 2.45) is 0 Å². The highest BCUT2D eigenvalue weighted by Gasteiger charge is 2.46. The third kappa shape index (κ3) is 2.77. The number of pyridine rings is 1. The maximum absolute atomic E-state index is 12.5. The summed E-state index contributed by atoms with van der Waals surface area (Å²) in [6.07, 6.45) is 5.16. The minimum atomic E-state index is 0.250. The molecule has 4 rings (SSSR count). The average molecular weight is 311 g/mol. The van der Waals surface area contributed by atoms with Gasteiger partial charge in [-0.05, 0) is 31.5 Å². The summed E-state index contributed by atoms with van der Waals surface area (Å²) in [4.78, 5) is 21.5. The number of aromatic nitrogens is 1. The molecule has 2 aliphatic rings. The predicted molar refractivity (Wildman–Crippen MR) is 85.5 cm³/mol. The van der Waals surface area contributed by atoms with Gasteiger partial charge in [-0.2, -0.15) is 0 Å². The van der Waals surface area contributed by atoms with Crippen LogP contribution in [-0.4, -0.2) is 39.3 Å². The third-order valence-corrected chi connectivity index (χ3v) is 4.97. The largest absolute Gasteiger partial charge is 0.472 e. The lowest BCUT2D eigenvalue weighted by Gasteiger charge is -2.25. The Bertz CT molecular complexity index is 698. The van der Waals surface area contributed by atoms with Gasteiger partial charge in [0.25, 0.3) is 0 Å². The average Bonchev–Trinajstić information content (AvgIpc) is 3.22. The number of fused-ring (bicyclic) bond motifs is 1. The molecule has 0 radical (unpaired) electrons. The number of carbonyl (C=O) groups is 1. The van der Waals surface area contributed by atoms with Crippen LogP contribution in [0.4, 0.5) is 0 Å². The van der Waals surface area contributed by atoms with Crippen molar-refractivity contribution in [3.8, 4) is 0 Å². The van der Waals surface area contributed by atoms with Gasteiger partial charge >= 0.3 is 0 Å². The molecule has 5 nitrogen and oxygen atoms in total. The first-order valence-corrected chi connectivity index (χ1v) is 8.18. The summed E-state index contributed by atoms with van der Waals surface area (Å²) in [6.45, 7) is 4.51. The van der Waals surface area contributed by atoms with E-state index in [0.717, 1.165) is 30.9 Å². The van der Waals surface area contributed by atoms with Gasteiger partial charge in [-0.25, -0.2) is 0 Å². The molecule has 0 saturated carbocycles. The molecular weight excluding hydrogens is 290 g/mol. The molecule has 2 saturated heterocycles. The van der Waals surface area contributed by atoms with E-state index in [2.05, 4.69) is 9.88 Å². The molecule has 2 aromatic rings. The van der Waals surface area contributed by atoms with E-state index >= 15 is 0 Å². The molecule has 0 bridgehead atoms. The van der Waals surface area contributed by atoms with Crippen LogP contribution in [0.25, 0.3) is 0 Å². The lowest BCUT2D eigenvalue weighted by molar-refractivity contribution is -0.129. The SMILES string of the molecule is Cc1cccc(CN2C(=O)C[C@H]3[C@H]2CCN3Cc2ccoc2)n1. The molecule has 0 N–H and O–H groups in total. The van der Waals surface area contributed by atoms with Crippen molar-refractivity contribution >= 4 is 5.91 Å². The summed E-state index contributed by atoms with van der Waals surface area (Å²) < 4.78 is 5.16. The second kappa shape index (κ2) is 5.81. The van der Waals surface area contributed by atoms with Gasteiger partial charge in [0.05, 0.1) is 24.8 Å². The molecule has 1 amide bonds. The van der Waals surface area contributed by atoms with Crippen LogP contribution in [0.3, 0.4) is 0 Å². The van der Waals surface area contributed by atoms with Crippen molar-refractivity contribution in [3.63, 3.8) is 0 Å². The van der Waals surface area contributed by atoms with E-state index in [1.807, 2.05) is 36.1 Å². The first kappa shape index (κ1) is 14.5. The van der Waals surface area contributed by atoms with E-state index in [-0.39, 0.29) is 5.91 Å². The molecule has 23 heavy (non-hydrogen) atoms. The Kier molecular flexibility index (Phi) is 3.65. The van der Waals surface area contributed by atoms with E-state index in [0.29, 0.717) is 25.0 Å². The Morgan fingerprint density at radius 3 is 2.96 bits per heavy atom. The lowest BCUT2D eigenvalue weighted by Crippen LogP contribution is -2.36. The van der Waals surface area contributed by atoms with Crippen molar-refractivity contribution in [3.05, 3.63) is 53.7 Å². The smallest absolute Gasteiger partial charge is 0.224 e. The summed E-state index contributed by atoms with van der Waals surface area (Å²) in [6, 6.07) is 8.64. The Morgan fingerprint density at radius 2 is 2.17 bits per heavy atom. The molecule has 4 heterocycles. The fraction of sp³-hybridized carbons (Fsp3) is 0.444. The van der Waals surface area contributed by atoms with Gasteiger partial charge in [0.2, 0.25) is 5.91 Å². The van der Waals surface area contributed by atoms with Crippen LogP contribution in [0.5, 0.6) is 0 Å². The van der Waals surface area contributed by atoms with Crippen LogP contribution in [0.2, 0.25) is 0 Å². The lowest BCUT2D eigenvalue weighted by atomic mass is 10.1. The fourth-order valence-electron chi connectivity index (χ4n) is 3.89. The van der Waals surface area contributed by atoms with Crippen LogP contribution < -0.4 is 0 Å². The zero-order chi connectivity index (χ0) is 15.8. The van der Waals surface area contributed by atoms with Crippen LogP contribution in [0.15, 0.2) is 41.2 Å². The quantitative estimate of drug-likeness (QED) is 0.870. The second-order valence-electron chi connectivity index (χ2n) is 6.52. The number of likely N-dealkylation sites (tertiary alicyclic amines) is 2. The van der Waals surface area contributed by atoms with Gasteiger partial charge in [0.1, 0.15) is 0 Å². The number of hydrogen-bond donors (Lipinski definition) is 0. The summed E-state index contributed by atoms with van der Waals surface area (Å²) in [5.41, 5.74) is 3.16. The van der Waals surface area contributed by atoms with E-state index in [1.54, 1.807) is 12.5 Å². The number of aryl methyl sites for hydroxylation is 1. The van der Waals surface area contributed by atoms with E-state index in [4.69, 9.17) is 4.42 Å². The summed E-state index contributed by atoms with van der Waals surface area (Å²) in [7, 11) is 0. The second-order valence-corrected chi connectivity index (χ2v) is 6.52. The monoisotopic (exact) mass is 311 g/mol. The molecule has 0 aliphatic carbocycles. The minimum Gasteiger partial charge on any atom is -0.472 e. The third-order valence-electron chi connectivity index (χ3n) is 4.97. The Morgan fingerprint density at radius 1 is 1.26 bits per heavy atom. The highest BCUT2D eigenvalue weighted by atomic mass is 16.3. The Balaban J connectivity index is 1.48. The van der Waals surface area contributed by atoms with Gasteiger partial charge in [-0.15, -0.1) is 0 Å². The number of rotatable bonds is 4. The van der Waals surface area contributed by atoms with Crippen molar-refractivity contribution in [1.82, 2.24) is 14.8 Å². The highest BCUT2D eigenvalue weighted by molar-refractivity contribution is 5.80. The first-order valence-electron chi connectivity index (χ1n) is 8.18. The van der Waals surface area contributed by atoms with E-state index in [1.165, 1.54) is 5.56 Å². The zero-order valence-corrected chi connectivity index (χ0v) is 13.3. The molecular formula is C18H21N3O2. The normalized spacial score (nSPS) is 24.4. The molecule has 0 aromatic carbocycles. The minimum absolute atomic E-state index is 0.250. The van der Waals surface area contributed by atoms with Crippen molar-refractivity contribution < 1.29 is 9.21 Å². The maximum Gasteiger partial charge on any atom is 0.224 e. The van der Waals surface area contributed by atoms with Gasteiger partial charge in [0.15, 0.2) is 0 Å². The molecule has 5 heteroatoms. The van der Waals surface area contributed by atoms with Gasteiger partial charge in [-0.3, -0.25) is 14.7 Å². The van der Waals surface area contributed by atoms with Crippen molar-refractivity contribution in [2.75, 3.05) is 6.54 Å². The van der Waals surface area contributed by atoms with E-state index in [9.17, 15) is 4.79 Å². The van der Waals surface area contributed by atoms with Crippen LogP contribution >= 0.6 is 0 Å². The van der Waals surface area contributed by atoms with Crippen LogP contribution in [-0.2, 0) is 17.9 Å². The number of hydrogen-bond acceptors (Lipinski definition) is 4. The standard InChI is InChI=1S/C18H21N3O2/c1-13-3-2-4-15(19-13)11-21-16-5-7-20(17(16)9-18(21)22)10-14-6-8-23-12-14/h2-4,6,8,12,16-17H,5,7,9-11H2,1H3/t16-,17+/m1/s1. The fourth-order valence-corrected chi connectivity index (χ4v) is 3.89. The molecule has 2 fully saturated rings. The molecule has 2 aromatic heterocycles. The molecule has 120 valence electrons. The molecule has 0 unspecified atom stereocenters. The zero-order valence-electron chi connectivity index (χ0n) is 13.3. The Labute approximate surface area is 135 Å². The summed E-state index contributed by atoms with van der Waals surface area (Å²) in [5.74, 6) is 0.250. The predicted octanol–water partition coefficient (Wildman–Crippen LogP) is 2.36. The maximum atomic E-state index is 12.5. The summed E-state index contributed by atoms with van der Waals surface area (Å²) >= 11 is 0. The van der Waals surface area contributed by atoms with Crippen molar-refractivity contribution in [2.45, 2.75) is 44.9 Å². The number of furan rings is 1. The summed E-state index contributed by atoms with van der Waals surface area (Å²) in [5, 5.41) is 0. The number of carbonyl (C=O) groups excluding carboxylic acids is 1. The molecule has 2 aliphatic heterocycles.